The maximum absolute atomic E-state index is 12.4. The second kappa shape index (κ2) is 10.2. The van der Waals surface area contributed by atoms with Crippen LogP contribution in [0.15, 0.2) is 36.4 Å². The normalized spacial score (nSPS) is 24.1. The number of amides is 3. The van der Waals surface area contributed by atoms with Crippen molar-refractivity contribution in [2.45, 2.75) is 24.7 Å². The van der Waals surface area contributed by atoms with E-state index in [1.54, 1.807) is 48.4 Å². The molecule has 3 rings (SSSR count). The van der Waals surface area contributed by atoms with Crippen molar-refractivity contribution in [1.82, 2.24) is 10.2 Å². The predicted octanol–water partition coefficient (Wildman–Crippen LogP) is 0.750. The van der Waals surface area contributed by atoms with Crippen molar-refractivity contribution in [2.75, 3.05) is 45.3 Å². The van der Waals surface area contributed by atoms with Gasteiger partial charge in [-0.05, 0) is 12.1 Å². The molecule has 0 aromatic heterocycles. The second-order valence-corrected chi connectivity index (χ2v) is 6.83. The van der Waals surface area contributed by atoms with Crippen LogP contribution in [0.4, 0.5) is 10.5 Å². The number of hydrogen-bond donors (Lipinski definition) is 3. The predicted molar refractivity (Wildman–Crippen MR) is 106 cm³/mol. The molecule has 1 aromatic carbocycles. The van der Waals surface area contributed by atoms with Crippen LogP contribution in [0.25, 0.3) is 0 Å². The van der Waals surface area contributed by atoms with E-state index in [4.69, 9.17) is 14.2 Å². The molecule has 3 N–H and O–H groups in total. The first-order valence-corrected chi connectivity index (χ1v) is 9.61. The fourth-order valence-electron chi connectivity index (χ4n) is 3.27. The molecule has 1 saturated heterocycles. The molecule has 9 heteroatoms. The number of aliphatic hydroxyl groups excluding tert-OH is 1. The van der Waals surface area contributed by atoms with Gasteiger partial charge in [0, 0.05) is 24.8 Å². The summed E-state index contributed by atoms with van der Waals surface area (Å²) in [5, 5.41) is 15.2. The first kappa shape index (κ1) is 21.1. The van der Waals surface area contributed by atoms with E-state index in [1.807, 2.05) is 0 Å². The summed E-state index contributed by atoms with van der Waals surface area (Å²) in [7, 11) is 1.55. The third-order valence-corrected chi connectivity index (χ3v) is 4.83. The summed E-state index contributed by atoms with van der Waals surface area (Å²) >= 11 is 0. The number of nitrogens with zero attached hydrogens (tertiary/aromatic N) is 1. The molecule has 0 unspecified atom stereocenters. The lowest BCUT2D eigenvalue weighted by atomic mass is 10.0. The van der Waals surface area contributed by atoms with Gasteiger partial charge in [0.25, 0.3) is 0 Å². The Kier molecular flexibility index (Phi) is 7.45. The molecule has 158 valence electrons. The number of aliphatic hydroxyl groups is 1. The Morgan fingerprint density at radius 3 is 2.79 bits per heavy atom. The van der Waals surface area contributed by atoms with Crippen molar-refractivity contribution in [3.05, 3.63) is 36.4 Å². The number of methoxy groups -OCH3 is 1. The van der Waals surface area contributed by atoms with E-state index in [0.717, 1.165) is 0 Å². The number of carbonyl (C=O) groups is 2. The average Bonchev–Trinajstić information content (AvgIpc) is 2.75. The molecule has 2 aliphatic rings. The minimum Gasteiger partial charge on any atom is -0.497 e. The summed E-state index contributed by atoms with van der Waals surface area (Å²) in [6.07, 6.45) is 2.62. The van der Waals surface area contributed by atoms with E-state index in [2.05, 4.69) is 10.6 Å². The van der Waals surface area contributed by atoms with Gasteiger partial charge in [-0.2, -0.15) is 0 Å². The fourth-order valence-corrected chi connectivity index (χ4v) is 3.27. The van der Waals surface area contributed by atoms with E-state index in [0.29, 0.717) is 37.7 Å². The molecule has 2 aliphatic heterocycles. The maximum atomic E-state index is 12.4. The summed E-state index contributed by atoms with van der Waals surface area (Å²) in [5.74, 6) is 0.617. The van der Waals surface area contributed by atoms with Gasteiger partial charge in [0.15, 0.2) is 0 Å². The number of urea groups is 1. The largest absolute Gasteiger partial charge is 0.497 e. The summed E-state index contributed by atoms with van der Waals surface area (Å²) in [5.41, 5.74) is 0.581. The summed E-state index contributed by atoms with van der Waals surface area (Å²) < 4.78 is 16.2. The molecule has 1 aromatic rings. The highest BCUT2D eigenvalue weighted by Crippen LogP contribution is 2.19. The first-order chi connectivity index (χ1) is 14.1. The van der Waals surface area contributed by atoms with Gasteiger partial charge in [-0.25, -0.2) is 4.79 Å². The lowest BCUT2D eigenvalue weighted by Crippen LogP contribution is -2.50. The molecule has 0 radical (unpaired) electrons. The van der Waals surface area contributed by atoms with E-state index in [1.165, 1.54) is 0 Å². The molecule has 1 fully saturated rings. The number of anilines is 1. The molecule has 2 heterocycles. The van der Waals surface area contributed by atoms with E-state index in [9.17, 15) is 14.7 Å². The van der Waals surface area contributed by atoms with Crippen molar-refractivity contribution in [2.24, 2.45) is 0 Å². The molecule has 0 aliphatic carbocycles. The molecule has 0 spiro atoms. The smallest absolute Gasteiger partial charge is 0.319 e. The quantitative estimate of drug-likeness (QED) is 0.603. The number of ether oxygens (including phenoxy) is 3. The van der Waals surface area contributed by atoms with Crippen molar-refractivity contribution in [3.63, 3.8) is 0 Å². The number of rotatable bonds is 6. The molecule has 3 atom stereocenters. The van der Waals surface area contributed by atoms with E-state index in [-0.39, 0.29) is 18.9 Å². The molecular formula is C20H27N3O6. The fraction of sp³-hybridized carbons (Fsp3) is 0.500. The van der Waals surface area contributed by atoms with Gasteiger partial charge in [0.1, 0.15) is 11.9 Å². The highest BCUT2D eigenvalue weighted by Gasteiger charge is 2.30. The minimum absolute atomic E-state index is 0.0122. The van der Waals surface area contributed by atoms with Crippen LogP contribution in [0.1, 0.15) is 6.42 Å². The van der Waals surface area contributed by atoms with Crippen LogP contribution in [0.3, 0.4) is 0 Å². The number of benzene rings is 1. The second-order valence-electron chi connectivity index (χ2n) is 6.83. The monoisotopic (exact) mass is 405 g/mol. The van der Waals surface area contributed by atoms with Crippen LogP contribution < -0.4 is 15.4 Å². The third kappa shape index (κ3) is 5.93. The Balaban J connectivity index is 1.53. The van der Waals surface area contributed by atoms with Crippen LogP contribution >= 0.6 is 0 Å². The molecule has 3 amide bonds. The van der Waals surface area contributed by atoms with Gasteiger partial charge in [-0.1, -0.05) is 18.2 Å². The van der Waals surface area contributed by atoms with Crippen LogP contribution in [0, 0.1) is 0 Å². The number of nitrogens with one attached hydrogen (secondary N) is 2. The van der Waals surface area contributed by atoms with Crippen LogP contribution in [0.5, 0.6) is 5.75 Å². The summed E-state index contributed by atoms with van der Waals surface area (Å²) in [6, 6.07) is 6.04. The van der Waals surface area contributed by atoms with Gasteiger partial charge in [-0.15, -0.1) is 0 Å². The standard InChI is InChI=1S/C20H27N3O6/c1-27-15-4-2-3-14(11-15)21-20(26)22-17-6-5-16(29-18(17)13-24)12-19(25)23-7-9-28-10-8-23/h2-6,11,16-18,24H,7-10,12-13H2,1H3,(H2,21,22,26)/t16-,17-,18+/m1/s1. The van der Waals surface area contributed by atoms with Crippen molar-refractivity contribution >= 4 is 17.6 Å². The summed E-state index contributed by atoms with van der Waals surface area (Å²) in [6.45, 7) is 1.96. The zero-order valence-electron chi connectivity index (χ0n) is 16.4. The zero-order chi connectivity index (χ0) is 20.6. The first-order valence-electron chi connectivity index (χ1n) is 9.61. The molecule has 0 bridgehead atoms. The zero-order valence-corrected chi connectivity index (χ0v) is 16.4. The SMILES string of the molecule is COc1cccc(NC(=O)N[C@@H]2C=C[C@H](CC(=O)N3CCOCC3)O[C@H]2CO)c1. The Labute approximate surface area is 169 Å². The number of carbonyl (C=O) groups excluding carboxylic acids is 2. The van der Waals surface area contributed by atoms with Crippen LogP contribution in [-0.4, -0.2) is 80.2 Å². The van der Waals surface area contributed by atoms with Crippen LogP contribution in [-0.2, 0) is 14.3 Å². The lowest BCUT2D eigenvalue weighted by molar-refractivity contribution is -0.139. The Hall–Kier alpha value is -2.62. The van der Waals surface area contributed by atoms with E-state index >= 15 is 0 Å². The Morgan fingerprint density at radius 1 is 1.28 bits per heavy atom. The third-order valence-electron chi connectivity index (χ3n) is 4.83. The van der Waals surface area contributed by atoms with Gasteiger partial charge in [0.05, 0.1) is 45.5 Å². The Morgan fingerprint density at radius 2 is 2.07 bits per heavy atom. The average molecular weight is 405 g/mol. The highest BCUT2D eigenvalue weighted by molar-refractivity contribution is 5.89. The molecule has 9 nitrogen and oxygen atoms in total. The van der Waals surface area contributed by atoms with Crippen LogP contribution in [0.2, 0.25) is 0 Å². The van der Waals surface area contributed by atoms with Gasteiger partial charge >= 0.3 is 6.03 Å². The summed E-state index contributed by atoms with van der Waals surface area (Å²) in [4.78, 5) is 26.4. The molecule has 0 saturated carbocycles. The Bertz CT molecular complexity index is 735. The topological polar surface area (TPSA) is 109 Å². The molecular weight excluding hydrogens is 378 g/mol. The maximum Gasteiger partial charge on any atom is 0.319 e. The van der Waals surface area contributed by atoms with Gasteiger partial charge in [-0.3, -0.25) is 4.79 Å². The number of morpholine rings is 1. The highest BCUT2D eigenvalue weighted by atomic mass is 16.5. The number of hydrogen-bond acceptors (Lipinski definition) is 6. The minimum atomic E-state index is -0.640. The van der Waals surface area contributed by atoms with E-state index < -0.39 is 24.3 Å². The molecule has 29 heavy (non-hydrogen) atoms. The van der Waals surface area contributed by atoms with Crippen molar-refractivity contribution in [3.8, 4) is 5.75 Å². The van der Waals surface area contributed by atoms with Crippen molar-refractivity contribution in [1.29, 1.82) is 0 Å². The van der Waals surface area contributed by atoms with Gasteiger partial charge in [0.2, 0.25) is 5.91 Å². The lowest BCUT2D eigenvalue weighted by Gasteiger charge is -2.33. The van der Waals surface area contributed by atoms with Gasteiger partial charge < -0.3 is 34.9 Å². The van der Waals surface area contributed by atoms with Crippen molar-refractivity contribution < 1.29 is 28.9 Å².